The normalized spacial score (nSPS) is 17.6. The van der Waals surface area contributed by atoms with Gasteiger partial charge in [0.15, 0.2) is 0 Å². The lowest BCUT2D eigenvalue weighted by atomic mass is 10.1. The summed E-state index contributed by atoms with van der Waals surface area (Å²) < 4.78 is 27.5. The van der Waals surface area contributed by atoms with Gasteiger partial charge in [-0.05, 0) is 37.1 Å². The molecule has 2 aromatic rings. The first-order chi connectivity index (χ1) is 10.3. The van der Waals surface area contributed by atoms with E-state index in [0.717, 1.165) is 5.56 Å². The van der Waals surface area contributed by atoms with E-state index in [4.69, 9.17) is 34.8 Å². The molecular weight excluding hydrogens is 365 g/mol. The van der Waals surface area contributed by atoms with Crippen molar-refractivity contribution in [1.29, 1.82) is 0 Å². The van der Waals surface area contributed by atoms with Crippen LogP contribution in [0.5, 0.6) is 0 Å². The second-order valence-electron chi connectivity index (χ2n) is 5.18. The van der Waals surface area contributed by atoms with Crippen molar-refractivity contribution >= 4 is 50.5 Å². The topological polar surface area (TPSA) is 37.4 Å². The molecule has 7 heteroatoms. The molecule has 3 nitrogen and oxygen atoms in total. The van der Waals surface area contributed by atoms with Crippen LogP contribution in [0.15, 0.2) is 41.3 Å². The highest BCUT2D eigenvalue weighted by atomic mass is 35.5. The van der Waals surface area contributed by atoms with E-state index in [0.29, 0.717) is 12.1 Å². The standard InChI is InChI=1S/C15H12Cl3NO2S/c1-9-6-10-4-2-3-5-14(10)19(9)22(20,21)15-8-12(17)11(16)7-13(15)18/h2-5,7-9H,6H2,1H3/t9-/m0/s1. The first-order valence-corrected chi connectivity index (χ1v) is 9.16. The minimum atomic E-state index is -3.81. The molecule has 2 aromatic carbocycles. The smallest absolute Gasteiger partial charge is 0.263 e. The van der Waals surface area contributed by atoms with Crippen molar-refractivity contribution < 1.29 is 8.42 Å². The van der Waals surface area contributed by atoms with Gasteiger partial charge in [0, 0.05) is 6.04 Å². The SMILES string of the molecule is C[C@H]1Cc2ccccc2N1S(=O)(=O)c1cc(Cl)c(Cl)cc1Cl. The number of hydrogen-bond donors (Lipinski definition) is 0. The summed E-state index contributed by atoms with van der Waals surface area (Å²) in [7, 11) is -3.81. The molecule has 0 aliphatic carbocycles. The van der Waals surface area contributed by atoms with Gasteiger partial charge in [0.25, 0.3) is 10.0 Å². The largest absolute Gasteiger partial charge is 0.266 e. The monoisotopic (exact) mass is 375 g/mol. The molecule has 1 aliphatic rings. The van der Waals surface area contributed by atoms with Crippen molar-refractivity contribution in [1.82, 2.24) is 0 Å². The van der Waals surface area contributed by atoms with Gasteiger partial charge in [-0.3, -0.25) is 4.31 Å². The Morgan fingerprint density at radius 1 is 1.05 bits per heavy atom. The van der Waals surface area contributed by atoms with Gasteiger partial charge >= 0.3 is 0 Å². The number of halogens is 3. The van der Waals surface area contributed by atoms with Crippen LogP contribution >= 0.6 is 34.8 Å². The maximum Gasteiger partial charge on any atom is 0.266 e. The zero-order valence-electron chi connectivity index (χ0n) is 11.6. The van der Waals surface area contributed by atoms with Crippen LogP contribution < -0.4 is 4.31 Å². The van der Waals surface area contributed by atoms with E-state index < -0.39 is 10.0 Å². The fourth-order valence-electron chi connectivity index (χ4n) is 2.71. The zero-order chi connectivity index (χ0) is 16.1. The van der Waals surface area contributed by atoms with E-state index in [1.165, 1.54) is 16.4 Å². The Labute approximate surface area is 144 Å². The predicted octanol–water partition coefficient (Wildman–Crippen LogP) is 4.79. The summed E-state index contributed by atoms with van der Waals surface area (Å²) in [6.45, 7) is 1.86. The number of rotatable bonds is 2. The summed E-state index contributed by atoms with van der Waals surface area (Å²) in [6.07, 6.45) is 0.661. The van der Waals surface area contributed by atoms with Gasteiger partial charge in [-0.1, -0.05) is 53.0 Å². The van der Waals surface area contributed by atoms with Gasteiger partial charge in [0.05, 0.1) is 20.8 Å². The molecule has 3 rings (SSSR count). The van der Waals surface area contributed by atoms with Crippen molar-refractivity contribution in [2.24, 2.45) is 0 Å². The highest BCUT2D eigenvalue weighted by Gasteiger charge is 2.37. The van der Waals surface area contributed by atoms with Crippen LogP contribution in [0, 0.1) is 0 Å². The summed E-state index contributed by atoms with van der Waals surface area (Å²) in [6, 6.07) is 9.90. The first-order valence-electron chi connectivity index (χ1n) is 6.59. The Morgan fingerprint density at radius 2 is 1.68 bits per heavy atom. The third-order valence-electron chi connectivity index (χ3n) is 3.66. The Kier molecular flexibility index (Phi) is 4.06. The molecule has 0 fully saturated rings. The van der Waals surface area contributed by atoms with Crippen molar-refractivity contribution in [2.75, 3.05) is 4.31 Å². The second kappa shape index (κ2) is 5.60. The fraction of sp³-hybridized carbons (Fsp3) is 0.200. The lowest BCUT2D eigenvalue weighted by molar-refractivity contribution is 0.584. The van der Waals surface area contributed by atoms with Crippen molar-refractivity contribution in [2.45, 2.75) is 24.3 Å². The number of fused-ring (bicyclic) bond motifs is 1. The van der Waals surface area contributed by atoms with Crippen molar-refractivity contribution in [3.8, 4) is 0 Å². The lowest BCUT2D eigenvalue weighted by Crippen LogP contribution is -2.35. The summed E-state index contributed by atoms with van der Waals surface area (Å²) in [5, 5.41) is 0.441. The Hall–Kier alpha value is -0.940. The predicted molar refractivity (Wildman–Crippen MR) is 90.7 cm³/mol. The van der Waals surface area contributed by atoms with Gasteiger partial charge in [-0.15, -0.1) is 0 Å². The molecule has 0 radical (unpaired) electrons. The summed E-state index contributed by atoms with van der Waals surface area (Å²) >= 11 is 17.9. The molecule has 0 bridgehead atoms. The minimum absolute atomic E-state index is 0.0351. The number of benzene rings is 2. The van der Waals surface area contributed by atoms with Crippen LogP contribution in [0.3, 0.4) is 0 Å². The van der Waals surface area contributed by atoms with Crippen LogP contribution in [-0.2, 0) is 16.4 Å². The number of para-hydroxylation sites is 1. The highest BCUT2D eigenvalue weighted by molar-refractivity contribution is 7.93. The molecule has 0 spiro atoms. The fourth-order valence-corrected chi connectivity index (χ4v) is 5.38. The summed E-state index contributed by atoms with van der Waals surface area (Å²) in [5.41, 5.74) is 1.67. The molecule has 0 N–H and O–H groups in total. The highest BCUT2D eigenvalue weighted by Crippen LogP contribution is 2.39. The Balaban J connectivity index is 2.17. The van der Waals surface area contributed by atoms with E-state index >= 15 is 0 Å². The molecule has 0 aromatic heterocycles. The van der Waals surface area contributed by atoms with Gasteiger partial charge in [0.2, 0.25) is 0 Å². The summed E-state index contributed by atoms with van der Waals surface area (Å²) in [4.78, 5) is -0.0351. The minimum Gasteiger partial charge on any atom is -0.263 e. The van der Waals surface area contributed by atoms with Gasteiger partial charge in [-0.2, -0.15) is 0 Å². The van der Waals surface area contributed by atoms with Gasteiger partial charge in [0.1, 0.15) is 4.90 Å². The molecule has 0 unspecified atom stereocenters. The van der Waals surface area contributed by atoms with E-state index in [9.17, 15) is 8.42 Å². The van der Waals surface area contributed by atoms with Crippen molar-refractivity contribution in [3.05, 3.63) is 57.0 Å². The molecule has 0 saturated carbocycles. The number of sulfonamides is 1. The van der Waals surface area contributed by atoms with E-state index in [-0.39, 0.29) is 26.0 Å². The zero-order valence-corrected chi connectivity index (χ0v) is 14.6. The average Bonchev–Trinajstić information content (AvgIpc) is 2.79. The molecule has 22 heavy (non-hydrogen) atoms. The molecular formula is C15H12Cl3NO2S. The van der Waals surface area contributed by atoms with Gasteiger partial charge in [-0.25, -0.2) is 8.42 Å². The van der Waals surface area contributed by atoms with Crippen LogP contribution in [0.4, 0.5) is 5.69 Å². The second-order valence-corrected chi connectivity index (χ2v) is 8.18. The molecule has 1 aliphatic heterocycles. The quantitative estimate of drug-likeness (QED) is 0.707. The van der Waals surface area contributed by atoms with E-state index in [2.05, 4.69) is 0 Å². The van der Waals surface area contributed by atoms with Crippen LogP contribution in [0.2, 0.25) is 15.1 Å². The third kappa shape index (κ3) is 2.48. The average molecular weight is 377 g/mol. The lowest BCUT2D eigenvalue weighted by Gasteiger charge is -2.25. The van der Waals surface area contributed by atoms with Crippen LogP contribution in [-0.4, -0.2) is 14.5 Å². The number of nitrogens with zero attached hydrogens (tertiary/aromatic N) is 1. The van der Waals surface area contributed by atoms with E-state index in [1.54, 1.807) is 6.07 Å². The maximum atomic E-state index is 13.0. The molecule has 1 atom stereocenters. The van der Waals surface area contributed by atoms with Gasteiger partial charge < -0.3 is 0 Å². The Morgan fingerprint density at radius 3 is 2.41 bits per heavy atom. The number of hydrogen-bond acceptors (Lipinski definition) is 2. The maximum absolute atomic E-state index is 13.0. The summed E-state index contributed by atoms with van der Waals surface area (Å²) in [5.74, 6) is 0. The van der Waals surface area contributed by atoms with E-state index in [1.807, 2.05) is 25.1 Å². The third-order valence-corrected chi connectivity index (χ3v) is 6.77. The Bertz CT molecular complexity index is 852. The molecule has 1 heterocycles. The van der Waals surface area contributed by atoms with Crippen molar-refractivity contribution in [3.63, 3.8) is 0 Å². The molecule has 0 amide bonds. The molecule has 0 saturated heterocycles. The number of anilines is 1. The van der Waals surface area contributed by atoms with Crippen LogP contribution in [0.25, 0.3) is 0 Å². The first kappa shape index (κ1) is 15.9. The molecule has 116 valence electrons. The van der Waals surface area contributed by atoms with Crippen LogP contribution in [0.1, 0.15) is 12.5 Å².